The van der Waals surface area contributed by atoms with Crippen LogP contribution in [0.15, 0.2) is 52.9 Å². The average Bonchev–Trinajstić information content (AvgIpc) is 2.98. The number of hydrogen-bond acceptors (Lipinski definition) is 4. The molecule has 0 atom stereocenters. The highest BCUT2D eigenvalue weighted by Gasteiger charge is 2.12. The van der Waals surface area contributed by atoms with Crippen molar-refractivity contribution in [2.24, 2.45) is 0 Å². The second-order valence-corrected chi connectivity index (χ2v) is 4.91. The molecule has 1 heterocycles. The Labute approximate surface area is 135 Å². The number of anilines is 2. The van der Waals surface area contributed by atoms with Gasteiger partial charge in [0.05, 0.1) is 5.69 Å². The van der Waals surface area contributed by atoms with Crippen LogP contribution in [0.3, 0.4) is 0 Å². The molecule has 0 fully saturated rings. The number of carbonyl (C=O) groups is 1. The lowest BCUT2D eigenvalue weighted by atomic mass is 10.2. The Morgan fingerprint density at radius 3 is 2.52 bits per heavy atom. The molecular weight excluding hydrogens is 323 g/mol. The zero-order valence-electron chi connectivity index (χ0n) is 11.6. The molecule has 0 saturated heterocycles. The number of amides is 2. The fraction of sp³-hybridized carbons (Fsp3) is 0. The van der Waals surface area contributed by atoms with Gasteiger partial charge in [0.1, 0.15) is 5.82 Å². The third kappa shape index (κ3) is 3.64. The van der Waals surface area contributed by atoms with Crippen LogP contribution in [-0.4, -0.2) is 16.2 Å². The van der Waals surface area contributed by atoms with Crippen LogP contribution < -0.4 is 10.6 Å². The van der Waals surface area contributed by atoms with Crippen LogP contribution in [-0.2, 0) is 0 Å². The number of urea groups is 1. The molecule has 8 heteroatoms. The summed E-state index contributed by atoms with van der Waals surface area (Å²) in [5.74, 6) is -0.321. The van der Waals surface area contributed by atoms with E-state index in [-0.39, 0.29) is 17.6 Å². The number of para-hydroxylation sites is 1. The quantitative estimate of drug-likeness (QED) is 0.754. The number of aromatic nitrogens is 2. The molecule has 3 rings (SSSR count). The topological polar surface area (TPSA) is 80.1 Å². The second-order valence-electron chi connectivity index (χ2n) is 4.48. The molecule has 2 N–H and O–H groups in total. The van der Waals surface area contributed by atoms with Crippen molar-refractivity contribution in [2.75, 3.05) is 10.6 Å². The zero-order chi connectivity index (χ0) is 16.2. The monoisotopic (exact) mass is 332 g/mol. The summed E-state index contributed by atoms with van der Waals surface area (Å²) in [5.41, 5.74) is 0.701. The lowest BCUT2D eigenvalue weighted by molar-refractivity contribution is 0.261. The van der Waals surface area contributed by atoms with Crippen molar-refractivity contribution in [3.8, 4) is 11.5 Å². The third-order valence-corrected chi connectivity index (χ3v) is 3.11. The molecular formula is C15H10ClFN4O2. The van der Waals surface area contributed by atoms with Crippen LogP contribution in [0.5, 0.6) is 0 Å². The van der Waals surface area contributed by atoms with Gasteiger partial charge < -0.3 is 9.73 Å². The van der Waals surface area contributed by atoms with Crippen LogP contribution >= 0.6 is 11.6 Å². The normalized spacial score (nSPS) is 10.3. The number of rotatable bonds is 3. The van der Waals surface area contributed by atoms with Crippen molar-refractivity contribution in [3.05, 3.63) is 59.4 Å². The molecule has 116 valence electrons. The fourth-order valence-corrected chi connectivity index (χ4v) is 1.92. The highest BCUT2D eigenvalue weighted by Crippen LogP contribution is 2.22. The zero-order valence-corrected chi connectivity index (χ0v) is 12.3. The summed E-state index contributed by atoms with van der Waals surface area (Å²) in [5, 5.41) is 12.8. The Kier molecular flexibility index (Phi) is 4.20. The Balaban J connectivity index is 1.68. The average molecular weight is 333 g/mol. The van der Waals surface area contributed by atoms with Gasteiger partial charge in [-0.15, -0.1) is 5.10 Å². The number of carbonyl (C=O) groups excluding carboxylic acids is 1. The molecule has 6 nitrogen and oxygen atoms in total. The smallest absolute Gasteiger partial charge is 0.327 e. The highest BCUT2D eigenvalue weighted by atomic mass is 35.5. The lowest BCUT2D eigenvalue weighted by Gasteiger charge is -2.05. The van der Waals surface area contributed by atoms with Gasteiger partial charge in [-0.2, -0.15) is 0 Å². The van der Waals surface area contributed by atoms with Gasteiger partial charge in [0.2, 0.25) is 5.89 Å². The van der Waals surface area contributed by atoms with E-state index in [9.17, 15) is 9.18 Å². The van der Waals surface area contributed by atoms with Gasteiger partial charge in [-0.25, -0.2) is 9.18 Å². The maximum Gasteiger partial charge on any atom is 0.327 e. The van der Waals surface area contributed by atoms with Crippen LogP contribution in [0.1, 0.15) is 0 Å². The van der Waals surface area contributed by atoms with Gasteiger partial charge in [-0.05, 0) is 36.4 Å². The Morgan fingerprint density at radius 2 is 1.78 bits per heavy atom. The van der Waals surface area contributed by atoms with Crippen LogP contribution in [0.4, 0.5) is 20.9 Å². The van der Waals surface area contributed by atoms with E-state index in [0.29, 0.717) is 10.6 Å². The molecule has 23 heavy (non-hydrogen) atoms. The molecule has 0 bridgehead atoms. The van der Waals surface area contributed by atoms with Crippen LogP contribution in [0.2, 0.25) is 5.02 Å². The molecule has 0 radical (unpaired) electrons. The van der Waals surface area contributed by atoms with Crippen molar-refractivity contribution >= 4 is 29.3 Å². The van der Waals surface area contributed by atoms with Crippen LogP contribution in [0.25, 0.3) is 11.5 Å². The summed E-state index contributed by atoms with van der Waals surface area (Å²) in [6.07, 6.45) is 0. The molecule has 0 unspecified atom stereocenters. The molecule has 3 aromatic rings. The standard InChI is InChI=1S/C15H10ClFN4O2/c16-10-7-5-9(6-8-10)13-20-21-15(23-13)19-14(22)18-12-4-2-1-3-11(12)17/h1-8H,(H2,18,19,21,22). The van der Waals surface area contributed by atoms with Crippen molar-refractivity contribution in [1.82, 2.24) is 10.2 Å². The summed E-state index contributed by atoms with van der Waals surface area (Å²) in [6, 6.07) is 11.8. The van der Waals surface area contributed by atoms with Crippen LogP contribution in [0, 0.1) is 5.82 Å². The summed E-state index contributed by atoms with van der Waals surface area (Å²) in [4.78, 5) is 11.8. The van der Waals surface area contributed by atoms with Gasteiger partial charge in [0.15, 0.2) is 0 Å². The molecule has 0 aliphatic heterocycles. The summed E-state index contributed by atoms with van der Waals surface area (Å²) in [6.45, 7) is 0. The highest BCUT2D eigenvalue weighted by molar-refractivity contribution is 6.30. The predicted molar refractivity (Wildman–Crippen MR) is 83.8 cm³/mol. The van der Waals surface area contributed by atoms with E-state index in [1.807, 2.05) is 0 Å². The first kappa shape index (κ1) is 15.0. The van der Waals surface area contributed by atoms with E-state index in [2.05, 4.69) is 20.8 Å². The van der Waals surface area contributed by atoms with E-state index in [0.717, 1.165) is 0 Å². The van der Waals surface area contributed by atoms with E-state index in [1.165, 1.54) is 18.2 Å². The maximum absolute atomic E-state index is 13.4. The number of benzene rings is 2. The number of hydrogen-bond donors (Lipinski definition) is 2. The Hall–Kier alpha value is -2.93. The minimum atomic E-state index is -0.693. The van der Waals surface area contributed by atoms with Gasteiger partial charge in [0.25, 0.3) is 0 Å². The first-order valence-electron chi connectivity index (χ1n) is 6.54. The molecule has 0 saturated carbocycles. The number of nitrogens with zero attached hydrogens (tertiary/aromatic N) is 2. The lowest BCUT2D eigenvalue weighted by Crippen LogP contribution is -2.20. The van der Waals surface area contributed by atoms with Gasteiger partial charge in [0, 0.05) is 10.6 Å². The summed E-state index contributed by atoms with van der Waals surface area (Å²) in [7, 11) is 0. The minimum Gasteiger partial charge on any atom is -0.403 e. The maximum atomic E-state index is 13.4. The molecule has 2 aromatic carbocycles. The Morgan fingerprint density at radius 1 is 1.04 bits per heavy atom. The van der Waals surface area contributed by atoms with Gasteiger partial charge in [-0.3, -0.25) is 5.32 Å². The SMILES string of the molecule is O=C(Nc1nnc(-c2ccc(Cl)cc2)o1)Nc1ccccc1F. The predicted octanol–water partition coefficient (Wildman–Crippen LogP) is 4.17. The molecule has 0 aliphatic carbocycles. The first-order valence-corrected chi connectivity index (χ1v) is 6.91. The van der Waals surface area contributed by atoms with Crippen molar-refractivity contribution < 1.29 is 13.6 Å². The largest absolute Gasteiger partial charge is 0.403 e. The molecule has 0 spiro atoms. The van der Waals surface area contributed by atoms with E-state index in [4.69, 9.17) is 16.0 Å². The first-order chi connectivity index (χ1) is 11.1. The number of nitrogens with one attached hydrogen (secondary N) is 2. The van der Waals surface area contributed by atoms with Gasteiger partial charge >= 0.3 is 12.0 Å². The minimum absolute atomic E-state index is 0.0439. The second kappa shape index (κ2) is 6.45. The van der Waals surface area contributed by atoms with E-state index >= 15 is 0 Å². The Bertz CT molecular complexity index is 836. The van der Waals surface area contributed by atoms with Gasteiger partial charge in [-0.1, -0.05) is 28.8 Å². The van der Waals surface area contributed by atoms with Crippen molar-refractivity contribution in [3.63, 3.8) is 0 Å². The molecule has 1 aromatic heterocycles. The molecule has 2 amide bonds. The van der Waals surface area contributed by atoms with Crippen molar-refractivity contribution in [1.29, 1.82) is 0 Å². The van der Waals surface area contributed by atoms with E-state index in [1.54, 1.807) is 30.3 Å². The fourth-order valence-electron chi connectivity index (χ4n) is 1.80. The number of halogens is 2. The summed E-state index contributed by atoms with van der Waals surface area (Å²) < 4.78 is 18.8. The molecule has 0 aliphatic rings. The van der Waals surface area contributed by atoms with E-state index < -0.39 is 11.8 Å². The summed E-state index contributed by atoms with van der Waals surface area (Å²) >= 11 is 5.80. The van der Waals surface area contributed by atoms with Crippen molar-refractivity contribution in [2.45, 2.75) is 0 Å². The third-order valence-electron chi connectivity index (χ3n) is 2.86.